The Hall–Kier alpha value is -0.0800. The first kappa shape index (κ1) is 6.05. The molecule has 2 nitrogen and oxygen atoms in total. The van der Waals surface area contributed by atoms with Crippen LogP contribution in [0.25, 0.3) is 0 Å². The highest BCUT2D eigenvalue weighted by Gasteiger charge is 2.32. The van der Waals surface area contributed by atoms with E-state index in [4.69, 9.17) is 9.47 Å². The van der Waals surface area contributed by atoms with Crippen molar-refractivity contribution in [3.05, 3.63) is 7.11 Å². The molecule has 1 aliphatic heterocycles. The Bertz CT molecular complexity index is 76.6. The molecule has 2 heteroatoms. The third-order valence-electron chi connectivity index (χ3n) is 1.35. The van der Waals surface area contributed by atoms with Crippen molar-refractivity contribution in [3.8, 4) is 0 Å². The van der Waals surface area contributed by atoms with Gasteiger partial charge in [0, 0.05) is 5.41 Å². The summed E-state index contributed by atoms with van der Waals surface area (Å²) in [5.41, 5.74) is 0.266. The van der Waals surface area contributed by atoms with Gasteiger partial charge in [-0.3, -0.25) is 0 Å². The highest BCUT2D eigenvalue weighted by molar-refractivity contribution is 4.79. The van der Waals surface area contributed by atoms with Crippen molar-refractivity contribution in [1.29, 1.82) is 0 Å². The van der Waals surface area contributed by atoms with E-state index in [1.165, 1.54) is 0 Å². The van der Waals surface area contributed by atoms with Crippen LogP contribution in [0.4, 0.5) is 0 Å². The number of rotatable bonds is 2. The van der Waals surface area contributed by atoms with Gasteiger partial charge in [-0.15, -0.1) is 0 Å². The van der Waals surface area contributed by atoms with Crippen LogP contribution in [0.2, 0.25) is 0 Å². The van der Waals surface area contributed by atoms with Gasteiger partial charge in [-0.25, -0.2) is 0 Å². The average molecular weight is 115 g/mol. The van der Waals surface area contributed by atoms with Gasteiger partial charge in [-0.05, 0) is 0 Å². The molecule has 1 aliphatic rings. The summed E-state index contributed by atoms with van der Waals surface area (Å²) in [5.74, 6) is 0. The van der Waals surface area contributed by atoms with E-state index >= 15 is 0 Å². The highest BCUT2D eigenvalue weighted by atomic mass is 16.5. The predicted octanol–water partition coefficient (Wildman–Crippen LogP) is 0.831. The van der Waals surface area contributed by atoms with Crippen molar-refractivity contribution in [2.75, 3.05) is 19.8 Å². The molecule has 0 amide bonds. The molecule has 0 bridgehead atoms. The lowest BCUT2D eigenvalue weighted by Gasteiger charge is -2.36. The average Bonchev–Trinajstić information content (AvgIpc) is 1.64. The van der Waals surface area contributed by atoms with Crippen LogP contribution < -0.4 is 0 Å². The van der Waals surface area contributed by atoms with Gasteiger partial charge >= 0.3 is 0 Å². The third kappa shape index (κ3) is 1.01. The summed E-state index contributed by atoms with van der Waals surface area (Å²) in [6.45, 7) is 4.49. The summed E-state index contributed by atoms with van der Waals surface area (Å²) >= 11 is 0. The fraction of sp³-hybridized carbons (Fsp3) is 0.833. The van der Waals surface area contributed by atoms with E-state index in [1.807, 2.05) is 0 Å². The highest BCUT2D eigenvalue weighted by Crippen LogP contribution is 2.25. The van der Waals surface area contributed by atoms with Crippen LogP contribution in [-0.4, -0.2) is 19.8 Å². The molecule has 1 rings (SSSR count). The number of hydrogen-bond donors (Lipinski definition) is 0. The Morgan fingerprint density at radius 2 is 2.38 bits per heavy atom. The van der Waals surface area contributed by atoms with Crippen molar-refractivity contribution in [2.24, 2.45) is 5.41 Å². The van der Waals surface area contributed by atoms with Crippen LogP contribution in [0.5, 0.6) is 0 Å². The molecule has 0 aromatic carbocycles. The van der Waals surface area contributed by atoms with Crippen molar-refractivity contribution in [2.45, 2.75) is 6.92 Å². The monoisotopic (exact) mass is 115 g/mol. The molecule has 0 unspecified atom stereocenters. The minimum Gasteiger partial charge on any atom is -0.380 e. The largest absolute Gasteiger partial charge is 0.380 e. The van der Waals surface area contributed by atoms with Gasteiger partial charge in [-0.2, -0.15) is 0 Å². The van der Waals surface area contributed by atoms with Gasteiger partial charge in [0.25, 0.3) is 0 Å². The molecule has 1 heterocycles. The van der Waals surface area contributed by atoms with Gasteiger partial charge in [-0.1, -0.05) is 6.92 Å². The molecule has 8 heavy (non-hydrogen) atoms. The zero-order chi connectivity index (χ0) is 6.04. The Balaban J connectivity index is 2.20. The first-order chi connectivity index (χ1) is 3.77. The minimum atomic E-state index is 0.266. The first-order valence-corrected chi connectivity index (χ1v) is 2.72. The molecule has 1 radical (unpaired) electrons. The standard InChI is InChI=1S/C6H11O2/c1-6(3-7-2)4-8-5-6/h2-5H2,1H3. The van der Waals surface area contributed by atoms with Crippen LogP contribution >= 0.6 is 0 Å². The van der Waals surface area contributed by atoms with Crippen molar-refractivity contribution >= 4 is 0 Å². The smallest absolute Gasteiger partial charge is 0.0700 e. The Kier molecular flexibility index (Phi) is 1.54. The normalized spacial score (nSPS) is 24.8. The fourth-order valence-electron chi connectivity index (χ4n) is 0.780. The molecule has 0 aromatic heterocycles. The van der Waals surface area contributed by atoms with E-state index < -0.39 is 0 Å². The molecule has 0 aromatic rings. The summed E-state index contributed by atoms with van der Waals surface area (Å²) in [7, 11) is 3.30. The maximum atomic E-state index is 4.98. The van der Waals surface area contributed by atoms with Crippen molar-refractivity contribution in [3.63, 3.8) is 0 Å². The maximum absolute atomic E-state index is 4.98. The van der Waals surface area contributed by atoms with E-state index in [0.717, 1.165) is 13.2 Å². The second-order valence-electron chi connectivity index (χ2n) is 2.65. The number of ether oxygens (including phenoxy) is 2. The molecule has 0 aliphatic carbocycles. The molecule has 0 atom stereocenters. The van der Waals surface area contributed by atoms with E-state index in [-0.39, 0.29) is 5.41 Å². The Labute approximate surface area is 49.8 Å². The Morgan fingerprint density at radius 3 is 2.50 bits per heavy atom. The van der Waals surface area contributed by atoms with Gasteiger partial charge in [0.15, 0.2) is 0 Å². The predicted molar refractivity (Wildman–Crippen MR) is 30.2 cm³/mol. The van der Waals surface area contributed by atoms with E-state index in [1.54, 1.807) is 0 Å². The molecular weight excluding hydrogens is 104 g/mol. The second-order valence-corrected chi connectivity index (χ2v) is 2.65. The lowest BCUT2D eigenvalue weighted by molar-refractivity contribution is -0.127. The summed E-state index contributed by atoms with van der Waals surface area (Å²) in [6, 6.07) is 0. The summed E-state index contributed by atoms with van der Waals surface area (Å²) in [4.78, 5) is 0. The van der Waals surface area contributed by atoms with Crippen molar-refractivity contribution < 1.29 is 9.47 Å². The van der Waals surface area contributed by atoms with Crippen LogP contribution in [0.1, 0.15) is 6.92 Å². The minimum absolute atomic E-state index is 0.266. The maximum Gasteiger partial charge on any atom is 0.0700 e. The third-order valence-corrected chi connectivity index (χ3v) is 1.35. The Morgan fingerprint density at radius 1 is 1.75 bits per heavy atom. The molecular formula is C6H11O2. The summed E-state index contributed by atoms with van der Waals surface area (Å²) in [5, 5.41) is 0. The van der Waals surface area contributed by atoms with Gasteiger partial charge in [0.1, 0.15) is 0 Å². The van der Waals surface area contributed by atoms with Gasteiger partial charge in [0.2, 0.25) is 0 Å². The molecule has 1 saturated heterocycles. The van der Waals surface area contributed by atoms with E-state index in [0.29, 0.717) is 6.61 Å². The van der Waals surface area contributed by atoms with Crippen LogP contribution in [0.15, 0.2) is 0 Å². The molecule has 47 valence electrons. The fourth-order valence-corrected chi connectivity index (χ4v) is 0.780. The SMILES string of the molecule is [CH2]OCC1(C)COC1. The molecule has 1 fully saturated rings. The zero-order valence-electron chi connectivity index (χ0n) is 5.14. The second kappa shape index (κ2) is 2.03. The number of hydrogen-bond acceptors (Lipinski definition) is 2. The van der Waals surface area contributed by atoms with Crippen LogP contribution in [0.3, 0.4) is 0 Å². The van der Waals surface area contributed by atoms with E-state index in [9.17, 15) is 0 Å². The van der Waals surface area contributed by atoms with Gasteiger partial charge in [0.05, 0.1) is 26.9 Å². The summed E-state index contributed by atoms with van der Waals surface area (Å²) < 4.78 is 9.70. The summed E-state index contributed by atoms with van der Waals surface area (Å²) in [6.07, 6.45) is 0. The van der Waals surface area contributed by atoms with Crippen LogP contribution in [0, 0.1) is 12.5 Å². The zero-order valence-corrected chi connectivity index (χ0v) is 5.14. The van der Waals surface area contributed by atoms with Crippen LogP contribution in [-0.2, 0) is 9.47 Å². The molecule has 0 saturated carbocycles. The molecule has 0 N–H and O–H groups in total. The van der Waals surface area contributed by atoms with Crippen molar-refractivity contribution in [1.82, 2.24) is 0 Å². The lowest BCUT2D eigenvalue weighted by Crippen LogP contribution is -2.43. The molecule has 0 spiro atoms. The first-order valence-electron chi connectivity index (χ1n) is 2.72. The van der Waals surface area contributed by atoms with Gasteiger partial charge < -0.3 is 9.47 Å². The lowest BCUT2D eigenvalue weighted by atomic mass is 9.90. The topological polar surface area (TPSA) is 18.5 Å². The van der Waals surface area contributed by atoms with E-state index in [2.05, 4.69) is 14.0 Å². The quantitative estimate of drug-likeness (QED) is 0.530.